The second-order valence-corrected chi connectivity index (χ2v) is 5.40. The summed E-state index contributed by atoms with van der Waals surface area (Å²) in [5.74, 6) is 1.66. The Kier molecular flexibility index (Phi) is 3.26. The van der Waals surface area contributed by atoms with Crippen LogP contribution in [-0.2, 0) is 0 Å². The Morgan fingerprint density at radius 1 is 0.905 bits per heavy atom. The fourth-order valence-corrected chi connectivity index (χ4v) is 2.46. The van der Waals surface area contributed by atoms with Crippen LogP contribution in [-0.4, -0.2) is 4.98 Å². The highest BCUT2D eigenvalue weighted by Gasteiger charge is 2.09. The van der Waals surface area contributed by atoms with Gasteiger partial charge in [-0.25, -0.2) is 0 Å². The van der Waals surface area contributed by atoms with E-state index in [4.69, 9.17) is 10.5 Å². The number of nitrogens with two attached hydrogens (primary N) is 1. The van der Waals surface area contributed by atoms with Gasteiger partial charge in [0.05, 0.1) is 0 Å². The molecule has 0 radical (unpaired) electrons. The van der Waals surface area contributed by atoms with Gasteiger partial charge in [0.1, 0.15) is 11.5 Å². The lowest BCUT2D eigenvalue weighted by molar-refractivity contribution is 0.484. The zero-order chi connectivity index (χ0) is 15.0. The van der Waals surface area contributed by atoms with Crippen LogP contribution in [0.5, 0.6) is 11.5 Å². The van der Waals surface area contributed by atoms with Gasteiger partial charge in [-0.05, 0) is 50.6 Å². The molecule has 1 heterocycles. The van der Waals surface area contributed by atoms with E-state index in [2.05, 4.69) is 31.0 Å². The number of aryl methyl sites for hydroxylation is 3. The Bertz CT molecular complexity index is 825. The van der Waals surface area contributed by atoms with Crippen molar-refractivity contribution in [3.05, 3.63) is 59.4 Å². The summed E-state index contributed by atoms with van der Waals surface area (Å²) in [5.41, 5.74) is 10.0. The second kappa shape index (κ2) is 5.09. The van der Waals surface area contributed by atoms with E-state index in [-0.39, 0.29) is 0 Å². The summed E-state index contributed by atoms with van der Waals surface area (Å²) in [4.78, 5) is 4.31. The smallest absolute Gasteiger partial charge is 0.135 e. The number of nitrogens with zero attached hydrogens (tertiary/aromatic N) is 1. The number of rotatable bonds is 2. The Morgan fingerprint density at radius 2 is 1.67 bits per heavy atom. The van der Waals surface area contributed by atoms with Crippen molar-refractivity contribution in [2.45, 2.75) is 20.8 Å². The van der Waals surface area contributed by atoms with Gasteiger partial charge >= 0.3 is 0 Å². The lowest BCUT2D eigenvalue weighted by atomic mass is 10.1. The molecule has 0 atom stereocenters. The van der Waals surface area contributed by atoms with E-state index in [0.29, 0.717) is 5.69 Å². The molecule has 0 bridgehead atoms. The number of ether oxygens (including phenoxy) is 1. The molecule has 0 spiro atoms. The minimum Gasteiger partial charge on any atom is -0.456 e. The minimum absolute atomic E-state index is 0.713. The first-order valence-electron chi connectivity index (χ1n) is 6.94. The Hall–Kier alpha value is -2.55. The molecule has 106 valence electrons. The van der Waals surface area contributed by atoms with Gasteiger partial charge in [-0.2, -0.15) is 0 Å². The minimum atomic E-state index is 0.713. The summed E-state index contributed by atoms with van der Waals surface area (Å²) in [6.07, 6.45) is 1.80. The first-order chi connectivity index (χ1) is 10.0. The topological polar surface area (TPSA) is 48.1 Å². The van der Waals surface area contributed by atoms with E-state index in [9.17, 15) is 0 Å². The average molecular weight is 278 g/mol. The molecule has 3 heteroatoms. The number of aromatic nitrogens is 1. The van der Waals surface area contributed by atoms with Crippen LogP contribution in [0.1, 0.15) is 16.8 Å². The van der Waals surface area contributed by atoms with Crippen LogP contribution in [0, 0.1) is 20.8 Å². The van der Waals surface area contributed by atoms with E-state index in [1.807, 2.05) is 31.2 Å². The standard InChI is InChI=1S/C18H18N2O/c1-11-4-6-17(12(2)8-11)21-18-7-5-16(19)15-10-20-13(3)9-14(15)18/h4-10H,19H2,1-3H3. The van der Waals surface area contributed by atoms with Crippen LogP contribution < -0.4 is 10.5 Å². The maximum Gasteiger partial charge on any atom is 0.135 e. The average Bonchev–Trinajstić information content (AvgIpc) is 2.44. The zero-order valence-electron chi connectivity index (χ0n) is 12.5. The molecule has 0 fully saturated rings. The van der Waals surface area contributed by atoms with Crippen molar-refractivity contribution in [2.24, 2.45) is 0 Å². The van der Waals surface area contributed by atoms with Gasteiger partial charge in [-0.15, -0.1) is 0 Å². The summed E-state index contributed by atoms with van der Waals surface area (Å²) >= 11 is 0. The monoisotopic (exact) mass is 278 g/mol. The van der Waals surface area contributed by atoms with E-state index in [0.717, 1.165) is 33.5 Å². The molecule has 3 rings (SSSR count). The van der Waals surface area contributed by atoms with Gasteiger partial charge in [0.25, 0.3) is 0 Å². The van der Waals surface area contributed by atoms with Crippen LogP contribution >= 0.6 is 0 Å². The molecule has 0 aliphatic rings. The highest BCUT2D eigenvalue weighted by atomic mass is 16.5. The number of hydrogen-bond acceptors (Lipinski definition) is 3. The molecule has 2 N–H and O–H groups in total. The number of pyridine rings is 1. The van der Waals surface area contributed by atoms with Gasteiger partial charge in [0.15, 0.2) is 0 Å². The van der Waals surface area contributed by atoms with E-state index < -0.39 is 0 Å². The first kappa shape index (κ1) is 13.4. The molecule has 2 aromatic carbocycles. The molecule has 0 aliphatic carbocycles. The van der Waals surface area contributed by atoms with Crippen LogP contribution in [0.3, 0.4) is 0 Å². The summed E-state index contributed by atoms with van der Waals surface area (Å²) in [7, 11) is 0. The van der Waals surface area contributed by atoms with Crippen molar-refractivity contribution in [3.8, 4) is 11.5 Å². The van der Waals surface area contributed by atoms with Gasteiger partial charge < -0.3 is 10.5 Å². The SMILES string of the molecule is Cc1ccc(Oc2ccc(N)c3cnc(C)cc23)c(C)c1. The molecular formula is C18H18N2O. The first-order valence-corrected chi connectivity index (χ1v) is 6.94. The molecule has 0 saturated carbocycles. The molecule has 0 unspecified atom stereocenters. The maximum atomic E-state index is 6.10. The van der Waals surface area contributed by atoms with Crippen molar-refractivity contribution in [2.75, 3.05) is 5.73 Å². The molecule has 21 heavy (non-hydrogen) atoms. The highest BCUT2D eigenvalue weighted by Crippen LogP contribution is 2.34. The van der Waals surface area contributed by atoms with E-state index >= 15 is 0 Å². The van der Waals surface area contributed by atoms with Crippen LogP contribution in [0.4, 0.5) is 5.69 Å². The normalized spacial score (nSPS) is 10.8. The third kappa shape index (κ3) is 2.55. The van der Waals surface area contributed by atoms with E-state index in [1.54, 1.807) is 6.20 Å². The third-order valence-electron chi connectivity index (χ3n) is 3.58. The fraction of sp³-hybridized carbons (Fsp3) is 0.167. The summed E-state index contributed by atoms with van der Waals surface area (Å²) in [6.45, 7) is 6.09. The van der Waals surface area contributed by atoms with Gasteiger partial charge in [-0.1, -0.05) is 17.7 Å². The summed E-state index contributed by atoms with van der Waals surface area (Å²) in [5, 5.41) is 1.91. The number of anilines is 1. The van der Waals surface area contributed by atoms with Crippen molar-refractivity contribution in [3.63, 3.8) is 0 Å². The fourth-order valence-electron chi connectivity index (χ4n) is 2.46. The van der Waals surface area contributed by atoms with E-state index in [1.165, 1.54) is 5.56 Å². The molecule has 0 amide bonds. The van der Waals surface area contributed by atoms with Crippen LogP contribution in [0.2, 0.25) is 0 Å². The highest BCUT2D eigenvalue weighted by molar-refractivity contribution is 5.96. The van der Waals surface area contributed by atoms with Gasteiger partial charge in [0.2, 0.25) is 0 Å². The van der Waals surface area contributed by atoms with Crippen molar-refractivity contribution >= 4 is 16.5 Å². The molecule has 3 aromatic rings. The predicted molar refractivity (Wildman–Crippen MR) is 86.9 cm³/mol. The van der Waals surface area contributed by atoms with Crippen molar-refractivity contribution in [1.82, 2.24) is 4.98 Å². The molecule has 3 nitrogen and oxygen atoms in total. The molecular weight excluding hydrogens is 260 g/mol. The lowest BCUT2D eigenvalue weighted by Crippen LogP contribution is -1.94. The van der Waals surface area contributed by atoms with Crippen molar-refractivity contribution < 1.29 is 4.74 Å². The Labute approximate surface area is 124 Å². The number of hydrogen-bond donors (Lipinski definition) is 1. The number of benzene rings is 2. The van der Waals surface area contributed by atoms with Gasteiger partial charge in [-0.3, -0.25) is 4.98 Å². The molecule has 1 aromatic heterocycles. The quantitative estimate of drug-likeness (QED) is 0.700. The Balaban J connectivity index is 2.12. The van der Waals surface area contributed by atoms with Crippen molar-refractivity contribution in [1.29, 1.82) is 0 Å². The largest absolute Gasteiger partial charge is 0.456 e. The molecule has 0 aliphatic heterocycles. The van der Waals surface area contributed by atoms with Gasteiger partial charge in [0, 0.05) is 28.4 Å². The summed E-state index contributed by atoms with van der Waals surface area (Å²) < 4.78 is 6.10. The molecule has 0 saturated heterocycles. The Morgan fingerprint density at radius 3 is 2.43 bits per heavy atom. The number of fused-ring (bicyclic) bond motifs is 1. The predicted octanol–water partition coefficient (Wildman–Crippen LogP) is 4.53. The third-order valence-corrected chi connectivity index (χ3v) is 3.58. The second-order valence-electron chi connectivity index (χ2n) is 5.40. The summed E-state index contributed by atoms with van der Waals surface area (Å²) in [6, 6.07) is 11.9. The zero-order valence-corrected chi connectivity index (χ0v) is 12.5. The maximum absolute atomic E-state index is 6.10. The number of nitrogen functional groups attached to an aromatic ring is 1. The van der Waals surface area contributed by atoms with Crippen LogP contribution in [0.25, 0.3) is 10.8 Å². The van der Waals surface area contributed by atoms with Crippen LogP contribution in [0.15, 0.2) is 42.6 Å². The lowest BCUT2D eigenvalue weighted by Gasteiger charge is -2.13.